The number of aliphatic hydroxyl groups excluding tert-OH is 1. The molecule has 2 rings (SSSR count). The van der Waals surface area contributed by atoms with Crippen molar-refractivity contribution in [2.24, 2.45) is 0 Å². The van der Waals surface area contributed by atoms with E-state index in [1.165, 1.54) is 0 Å². The van der Waals surface area contributed by atoms with Crippen LogP contribution in [0, 0.1) is 0 Å². The van der Waals surface area contributed by atoms with Crippen LogP contribution in [0.1, 0.15) is 6.42 Å². The van der Waals surface area contributed by atoms with E-state index in [1.54, 1.807) is 23.1 Å². The Hall–Kier alpha value is -0.970. The van der Waals surface area contributed by atoms with E-state index in [0.29, 0.717) is 35.3 Å². The summed E-state index contributed by atoms with van der Waals surface area (Å²) in [5.74, 6) is 0.357. The van der Waals surface area contributed by atoms with Crippen molar-refractivity contribution >= 4 is 29.1 Å². The summed E-state index contributed by atoms with van der Waals surface area (Å²) < 4.78 is 5.34. The molecule has 0 radical (unpaired) electrons. The molecule has 0 bridgehead atoms. The number of β-amino-alcohol motifs (C(OH)–C–C–N with tert-alkyl or cyclic N) is 1. The van der Waals surface area contributed by atoms with Crippen molar-refractivity contribution in [1.29, 1.82) is 0 Å². The highest BCUT2D eigenvalue weighted by atomic mass is 35.5. The first-order valence-corrected chi connectivity index (χ1v) is 6.35. The molecule has 1 amide bonds. The first-order valence-electron chi connectivity index (χ1n) is 5.60. The van der Waals surface area contributed by atoms with Crippen molar-refractivity contribution in [3.8, 4) is 5.75 Å². The lowest BCUT2D eigenvalue weighted by Gasteiger charge is -2.15. The van der Waals surface area contributed by atoms with Gasteiger partial charge in [-0.1, -0.05) is 23.2 Å². The highest BCUT2D eigenvalue weighted by Crippen LogP contribution is 2.26. The zero-order chi connectivity index (χ0) is 13.1. The van der Waals surface area contributed by atoms with E-state index in [1.807, 2.05) is 0 Å². The van der Waals surface area contributed by atoms with Gasteiger partial charge in [-0.15, -0.1) is 0 Å². The van der Waals surface area contributed by atoms with Gasteiger partial charge in [0.05, 0.1) is 16.1 Å². The van der Waals surface area contributed by atoms with Crippen LogP contribution in [0.15, 0.2) is 18.2 Å². The summed E-state index contributed by atoms with van der Waals surface area (Å²) >= 11 is 11.6. The number of likely N-dealkylation sites (tertiary alicyclic amines) is 1. The molecule has 98 valence electrons. The lowest BCUT2D eigenvalue weighted by molar-refractivity contribution is -0.132. The van der Waals surface area contributed by atoms with E-state index in [2.05, 4.69) is 0 Å². The molecule has 1 aliphatic heterocycles. The molecule has 18 heavy (non-hydrogen) atoms. The van der Waals surface area contributed by atoms with Crippen LogP contribution in [0.2, 0.25) is 10.0 Å². The van der Waals surface area contributed by atoms with E-state index in [-0.39, 0.29) is 12.5 Å². The van der Waals surface area contributed by atoms with Gasteiger partial charge in [-0.2, -0.15) is 0 Å². The molecule has 1 aromatic carbocycles. The number of rotatable bonds is 3. The van der Waals surface area contributed by atoms with Crippen molar-refractivity contribution in [2.75, 3.05) is 19.7 Å². The number of carbonyl (C=O) groups is 1. The lowest BCUT2D eigenvalue weighted by Crippen LogP contribution is -2.33. The predicted molar refractivity (Wildman–Crippen MR) is 69.2 cm³/mol. The third-order valence-corrected chi connectivity index (χ3v) is 3.51. The monoisotopic (exact) mass is 289 g/mol. The molecular formula is C12H13Cl2NO3. The molecule has 1 aliphatic rings. The van der Waals surface area contributed by atoms with Gasteiger partial charge in [-0.25, -0.2) is 0 Å². The maximum atomic E-state index is 11.7. The maximum absolute atomic E-state index is 11.7. The fourth-order valence-corrected chi connectivity index (χ4v) is 2.06. The van der Waals surface area contributed by atoms with Gasteiger partial charge in [-0.3, -0.25) is 4.79 Å². The summed E-state index contributed by atoms with van der Waals surface area (Å²) in [6, 6.07) is 4.83. The molecule has 1 N–H and O–H groups in total. The quantitative estimate of drug-likeness (QED) is 0.926. The highest BCUT2D eigenvalue weighted by Gasteiger charge is 2.24. The van der Waals surface area contributed by atoms with Crippen LogP contribution in [-0.2, 0) is 4.79 Å². The van der Waals surface area contributed by atoms with Crippen LogP contribution >= 0.6 is 23.2 Å². The Morgan fingerprint density at radius 3 is 2.83 bits per heavy atom. The van der Waals surface area contributed by atoms with Crippen LogP contribution in [-0.4, -0.2) is 41.7 Å². The second-order valence-corrected chi connectivity index (χ2v) is 4.96. The molecule has 0 saturated carbocycles. The summed E-state index contributed by atoms with van der Waals surface area (Å²) in [5.41, 5.74) is 0. The molecule has 0 spiro atoms. The number of halogens is 2. The Morgan fingerprint density at radius 1 is 1.44 bits per heavy atom. The van der Waals surface area contributed by atoms with Gasteiger partial charge in [0.1, 0.15) is 5.75 Å². The largest absolute Gasteiger partial charge is 0.484 e. The van der Waals surface area contributed by atoms with Gasteiger partial charge >= 0.3 is 0 Å². The zero-order valence-corrected chi connectivity index (χ0v) is 11.1. The fraction of sp³-hybridized carbons (Fsp3) is 0.417. The Balaban J connectivity index is 1.87. The SMILES string of the molecule is O=C(COc1ccc(Cl)c(Cl)c1)N1CCC(O)C1. The second-order valence-electron chi connectivity index (χ2n) is 4.15. The fourth-order valence-electron chi connectivity index (χ4n) is 1.77. The molecule has 1 heterocycles. The van der Waals surface area contributed by atoms with Crippen molar-refractivity contribution in [1.82, 2.24) is 4.90 Å². The molecule has 1 saturated heterocycles. The van der Waals surface area contributed by atoms with Gasteiger partial charge in [0.2, 0.25) is 0 Å². The number of amides is 1. The predicted octanol–water partition coefficient (Wildman–Crippen LogP) is 1.97. The second kappa shape index (κ2) is 5.78. The molecular weight excluding hydrogens is 277 g/mol. The zero-order valence-electron chi connectivity index (χ0n) is 9.60. The number of benzene rings is 1. The van der Waals surface area contributed by atoms with Crippen molar-refractivity contribution in [3.63, 3.8) is 0 Å². The van der Waals surface area contributed by atoms with Gasteiger partial charge in [0, 0.05) is 19.2 Å². The van der Waals surface area contributed by atoms with Crippen LogP contribution in [0.25, 0.3) is 0 Å². The molecule has 1 atom stereocenters. The number of hydrogen-bond acceptors (Lipinski definition) is 3. The molecule has 4 nitrogen and oxygen atoms in total. The summed E-state index contributed by atoms with van der Waals surface area (Å²) in [6.07, 6.45) is 0.206. The third kappa shape index (κ3) is 3.28. The summed E-state index contributed by atoms with van der Waals surface area (Å²) in [7, 11) is 0. The van der Waals surface area contributed by atoms with Crippen LogP contribution in [0.4, 0.5) is 0 Å². The number of hydrogen-bond donors (Lipinski definition) is 1. The normalized spacial score (nSPS) is 19.1. The van der Waals surface area contributed by atoms with E-state index in [0.717, 1.165) is 0 Å². The smallest absolute Gasteiger partial charge is 0.260 e. The number of ether oxygens (including phenoxy) is 1. The van der Waals surface area contributed by atoms with Gasteiger partial charge in [-0.05, 0) is 18.6 Å². The van der Waals surface area contributed by atoms with E-state index < -0.39 is 6.10 Å². The maximum Gasteiger partial charge on any atom is 0.260 e. The van der Waals surface area contributed by atoms with E-state index in [4.69, 9.17) is 27.9 Å². The molecule has 6 heteroatoms. The molecule has 0 aliphatic carbocycles. The average molecular weight is 290 g/mol. The molecule has 1 unspecified atom stereocenters. The Bertz CT molecular complexity index is 453. The van der Waals surface area contributed by atoms with Gasteiger partial charge < -0.3 is 14.7 Å². The number of carbonyl (C=O) groups excluding carboxylic acids is 1. The topological polar surface area (TPSA) is 49.8 Å². The van der Waals surface area contributed by atoms with Gasteiger partial charge in [0.15, 0.2) is 6.61 Å². The Morgan fingerprint density at radius 2 is 2.22 bits per heavy atom. The van der Waals surface area contributed by atoms with Crippen molar-refractivity contribution < 1.29 is 14.6 Å². The van der Waals surface area contributed by atoms with Crippen LogP contribution < -0.4 is 4.74 Å². The highest BCUT2D eigenvalue weighted by molar-refractivity contribution is 6.42. The summed E-state index contributed by atoms with van der Waals surface area (Å²) in [4.78, 5) is 13.3. The standard InChI is InChI=1S/C12H13Cl2NO3/c13-10-2-1-9(5-11(10)14)18-7-12(17)15-4-3-8(16)6-15/h1-2,5,8,16H,3-4,6-7H2. The van der Waals surface area contributed by atoms with Crippen molar-refractivity contribution in [3.05, 3.63) is 28.2 Å². The Kier molecular flexibility index (Phi) is 4.32. The van der Waals surface area contributed by atoms with E-state index >= 15 is 0 Å². The average Bonchev–Trinajstić information content (AvgIpc) is 2.77. The van der Waals surface area contributed by atoms with Crippen molar-refractivity contribution in [2.45, 2.75) is 12.5 Å². The van der Waals surface area contributed by atoms with Crippen LogP contribution in [0.5, 0.6) is 5.75 Å². The first kappa shape index (κ1) is 13.5. The summed E-state index contributed by atoms with van der Waals surface area (Å²) in [6.45, 7) is 0.888. The van der Waals surface area contributed by atoms with Gasteiger partial charge in [0.25, 0.3) is 5.91 Å². The number of aliphatic hydroxyl groups is 1. The minimum Gasteiger partial charge on any atom is -0.484 e. The first-order chi connectivity index (χ1) is 8.56. The minimum absolute atomic E-state index is 0.0648. The van der Waals surface area contributed by atoms with Crippen LogP contribution in [0.3, 0.4) is 0 Å². The molecule has 0 aromatic heterocycles. The molecule has 1 aromatic rings. The lowest BCUT2D eigenvalue weighted by atomic mass is 10.3. The third-order valence-electron chi connectivity index (χ3n) is 2.77. The molecule has 1 fully saturated rings. The summed E-state index contributed by atoms with van der Waals surface area (Å²) in [5, 5.41) is 10.2. The Labute approximate surface area is 115 Å². The number of nitrogens with zero attached hydrogens (tertiary/aromatic N) is 1. The van der Waals surface area contributed by atoms with E-state index in [9.17, 15) is 9.90 Å². The minimum atomic E-state index is -0.418.